The average Bonchev–Trinajstić information content (AvgIpc) is 1.63. The lowest BCUT2D eigenvalue weighted by Gasteiger charge is -2.28. The Balaban J connectivity index is 0.000000158. The maximum absolute atomic E-state index is 8.12. The Morgan fingerprint density at radius 1 is 0.362 bits per heavy atom. The molecule has 22 heteroatoms. The zero-order valence-electron chi connectivity index (χ0n) is 75.0. The minimum atomic E-state index is 0.250. The summed E-state index contributed by atoms with van der Waals surface area (Å²) in [5.41, 5.74) is 32.5. The molecule has 18 rings (SSSR count). The van der Waals surface area contributed by atoms with Gasteiger partial charge in [0.05, 0.1) is 17.0 Å². The van der Waals surface area contributed by atoms with Crippen molar-refractivity contribution in [2.24, 2.45) is 0 Å². The number of piperidine rings is 2. The highest BCUT2D eigenvalue weighted by Crippen LogP contribution is 2.46. The summed E-state index contributed by atoms with van der Waals surface area (Å²) in [6, 6.07) is 61.4. The zero-order valence-corrected chi connectivity index (χ0v) is 75.0. The molecule has 127 heavy (non-hydrogen) atoms. The maximum atomic E-state index is 8.12. The van der Waals surface area contributed by atoms with Gasteiger partial charge in [-0.1, -0.05) is 195 Å². The van der Waals surface area contributed by atoms with E-state index in [9.17, 15) is 0 Å². The fourth-order valence-electron chi connectivity index (χ4n) is 18.4. The summed E-state index contributed by atoms with van der Waals surface area (Å²) in [6.45, 7) is 34.3. The second-order valence-electron chi connectivity index (χ2n) is 33.4. The SMILES string of the molecule is CCN(CC)CCN(CC)c1nc(Cc2ccccc2)nc2c1-c1ncc(C)cc1C2.Cc1ccc2c(c1)Cc1cc(Cc3ccccc3)nc(NCCCN3CCCCC3)c1-2.Cc1ccc2c(c1)Cc1cc(Cc3ccccc3)nc(NCCN3CCCC3)c1-2.Cc1ccc2c(c1)Cc1ccnc(NCCCN3CCCCC3)c1-2.O=C=O.O=C=O.O=C=O.O=C=O. The minimum Gasteiger partial charge on any atom is -0.370 e. The lowest BCUT2D eigenvalue weighted by molar-refractivity contribution is -0.193. The van der Waals surface area contributed by atoms with E-state index in [2.05, 4.69) is 264 Å². The van der Waals surface area contributed by atoms with Crippen LogP contribution in [0.1, 0.15) is 186 Å². The Morgan fingerprint density at radius 3 is 1.23 bits per heavy atom. The van der Waals surface area contributed by atoms with Crippen molar-refractivity contribution in [1.29, 1.82) is 0 Å². The molecule has 0 spiro atoms. The lowest BCUT2D eigenvalue weighted by atomic mass is 10.0. The van der Waals surface area contributed by atoms with Crippen LogP contribution in [0.15, 0.2) is 182 Å². The van der Waals surface area contributed by atoms with Gasteiger partial charge in [0.2, 0.25) is 0 Å². The smallest absolute Gasteiger partial charge is 0.370 e. The molecule has 22 nitrogen and oxygen atoms in total. The van der Waals surface area contributed by atoms with E-state index in [1.165, 1.54) is 228 Å². The van der Waals surface area contributed by atoms with Gasteiger partial charge in [0.25, 0.3) is 0 Å². The fraction of sp³-hybridized carbons (Fsp3) is 0.390. The summed E-state index contributed by atoms with van der Waals surface area (Å²) in [5, 5.41) is 11.0. The Bertz CT molecular complexity index is 5460. The predicted molar refractivity (Wildman–Crippen MR) is 499 cm³/mol. The number of carbonyl (C=O) groups excluding carboxylic acids is 8. The molecule has 3 fully saturated rings. The standard InChI is InChI=1S/C28H33N3.C26H33N5.C26H29N3.C21H27N3.4CO2/c1-21-11-12-26-23(17-21)19-24-20-25(18-22-9-4-2-5-10-22)30-28(27(24)26)29-13-8-16-31-14-6-3-7-15-31;1-5-30(6-2)13-14-31(7-3)26-24-22(17-21-15-19(4)18-27-25(21)24)28-23(29-26)16-20-11-9-8-10-12-20;1-19-9-10-24-21(15-19)17-22-18-23(16-20-7-3-2-4-8-20)28-26(25(22)24)27-11-14-29-12-5-6-13-29;1-16-6-7-19-18(14-16)15-17-8-10-23-21(20(17)19)22-9-5-13-24-11-3-2-4-12-24;4*2-1-3/h2,4-5,9-12,17,20H,3,6-8,13-16,18-19H2,1H3,(H,29,30);8-12,15,18H,5-7,13-14,16-17H2,1-4H3;2-4,7-10,15,18H,5-6,11-14,16-17H2,1H3,(H,27,28);6-8,10,14H,2-5,9,11-13,15H2,1H3,(H,22,23);;;;. The number of benzene rings is 6. The van der Waals surface area contributed by atoms with Crippen LogP contribution in [0.5, 0.6) is 0 Å². The molecule has 660 valence electrons. The quantitative estimate of drug-likeness (QED) is 0.0404. The summed E-state index contributed by atoms with van der Waals surface area (Å²) >= 11 is 0. The van der Waals surface area contributed by atoms with Crippen LogP contribution < -0.4 is 20.9 Å². The average molecular weight is 1710 g/mol. The Morgan fingerprint density at radius 2 is 0.772 bits per heavy atom. The number of aromatic nitrogens is 6. The first-order chi connectivity index (χ1) is 62.1. The zero-order chi connectivity index (χ0) is 89.7. The van der Waals surface area contributed by atoms with Gasteiger partial charge in [-0.2, -0.15) is 38.4 Å². The van der Waals surface area contributed by atoms with Crippen LogP contribution >= 0.6 is 0 Å². The van der Waals surface area contributed by atoms with Crippen molar-refractivity contribution in [1.82, 2.24) is 49.5 Å². The van der Waals surface area contributed by atoms with Crippen LogP contribution in [0.25, 0.3) is 44.6 Å². The molecule has 0 radical (unpaired) electrons. The van der Waals surface area contributed by atoms with Crippen LogP contribution in [-0.2, 0) is 83.3 Å². The third kappa shape index (κ3) is 27.3. The molecule has 3 saturated heterocycles. The summed E-state index contributed by atoms with van der Waals surface area (Å²) in [5.74, 6) is 5.14. The number of likely N-dealkylation sites (tertiary alicyclic amines) is 3. The predicted octanol–water partition coefficient (Wildman–Crippen LogP) is 17.3. The van der Waals surface area contributed by atoms with Gasteiger partial charge in [0, 0.05) is 112 Å². The van der Waals surface area contributed by atoms with Crippen LogP contribution in [0.3, 0.4) is 0 Å². The van der Waals surface area contributed by atoms with Gasteiger partial charge in [0.15, 0.2) is 0 Å². The van der Waals surface area contributed by atoms with Crippen molar-refractivity contribution in [3.05, 3.63) is 283 Å². The number of aryl methyl sites for hydroxylation is 4. The van der Waals surface area contributed by atoms with E-state index in [-0.39, 0.29) is 24.6 Å². The minimum absolute atomic E-state index is 0.250. The van der Waals surface area contributed by atoms with E-state index in [0.717, 1.165) is 161 Å². The molecular weight excluding hydrogens is 1590 g/mol. The van der Waals surface area contributed by atoms with Crippen molar-refractivity contribution in [3.63, 3.8) is 0 Å². The number of anilines is 4. The molecule has 4 aliphatic carbocycles. The van der Waals surface area contributed by atoms with Crippen LogP contribution in [0, 0.1) is 27.7 Å². The molecule has 0 amide bonds. The van der Waals surface area contributed by atoms with E-state index in [4.69, 9.17) is 63.3 Å². The second kappa shape index (κ2) is 50.0. The molecule has 5 aromatic heterocycles. The molecule has 11 aromatic rings. The van der Waals surface area contributed by atoms with Gasteiger partial charge < -0.3 is 40.4 Å². The molecule has 0 saturated carbocycles. The van der Waals surface area contributed by atoms with Crippen molar-refractivity contribution in [2.45, 2.75) is 158 Å². The number of fused-ring (bicyclic) bond motifs is 12. The van der Waals surface area contributed by atoms with Gasteiger partial charge in [-0.25, -0.2) is 24.9 Å². The number of pyridine rings is 4. The Labute approximate surface area is 748 Å². The van der Waals surface area contributed by atoms with Crippen LogP contribution in [-0.4, -0.2) is 185 Å². The number of nitrogens with zero attached hydrogens (tertiary/aromatic N) is 11. The molecule has 0 atom stereocenters. The fourth-order valence-corrected chi connectivity index (χ4v) is 18.4. The van der Waals surface area contributed by atoms with E-state index in [1.54, 1.807) is 0 Å². The normalized spacial score (nSPS) is 13.7. The molecule has 8 heterocycles. The van der Waals surface area contributed by atoms with E-state index < -0.39 is 0 Å². The summed E-state index contributed by atoms with van der Waals surface area (Å²) in [6.07, 6.45) is 24.6. The third-order valence-electron chi connectivity index (χ3n) is 24.4. The van der Waals surface area contributed by atoms with E-state index >= 15 is 0 Å². The first-order valence-corrected chi connectivity index (χ1v) is 45.3. The van der Waals surface area contributed by atoms with E-state index in [0.29, 0.717) is 0 Å². The number of rotatable bonds is 27. The van der Waals surface area contributed by atoms with Gasteiger partial charge >= 0.3 is 24.6 Å². The number of nitrogens with one attached hydrogen (secondary N) is 3. The second-order valence-corrected chi connectivity index (χ2v) is 33.4. The molecule has 3 aliphatic heterocycles. The first kappa shape index (κ1) is 95.2. The molecule has 6 aromatic carbocycles. The highest BCUT2D eigenvalue weighted by Gasteiger charge is 2.31. The van der Waals surface area contributed by atoms with Crippen molar-refractivity contribution < 1.29 is 38.4 Å². The molecule has 0 bridgehead atoms. The number of hydrogen-bond acceptors (Lipinski definition) is 22. The van der Waals surface area contributed by atoms with Gasteiger partial charge in [0.1, 0.15) is 29.1 Å². The lowest BCUT2D eigenvalue weighted by Crippen LogP contribution is -2.36. The van der Waals surface area contributed by atoms with Crippen molar-refractivity contribution in [2.75, 3.05) is 132 Å². The van der Waals surface area contributed by atoms with Crippen LogP contribution in [0.2, 0.25) is 0 Å². The molecule has 0 unspecified atom stereocenters. The van der Waals surface area contributed by atoms with Gasteiger partial charge in [-0.05, 0) is 267 Å². The first-order valence-electron chi connectivity index (χ1n) is 45.3. The largest absolute Gasteiger partial charge is 0.373 e. The summed E-state index contributed by atoms with van der Waals surface area (Å²) in [7, 11) is 0. The van der Waals surface area contributed by atoms with Crippen molar-refractivity contribution >= 4 is 47.9 Å². The number of likely N-dealkylation sites (N-methyl/N-ethyl adjacent to an activating group) is 2. The van der Waals surface area contributed by atoms with E-state index in [1.807, 2.05) is 12.4 Å². The maximum Gasteiger partial charge on any atom is 0.373 e. The molecular formula is C105H122N14O8. The molecule has 7 aliphatic rings. The monoisotopic (exact) mass is 1710 g/mol. The van der Waals surface area contributed by atoms with Crippen LogP contribution in [0.4, 0.5) is 23.3 Å². The Hall–Kier alpha value is -12.4. The van der Waals surface area contributed by atoms with Crippen molar-refractivity contribution in [3.8, 4) is 44.6 Å². The summed E-state index contributed by atoms with van der Waals surface area (Å²) in [4.78, 5) is 107. The number of hydrogen-bond donors (Lipinski definition) is 3. The Kier molecular flexibility index (Phi) is 37.5. The highest BCUT2D eigenvalue weighted by molar-refractivity contribution is 5.88. The third-order valence-corrected chi connectivity index (χ3v) is 24.4. The summed E-state index contributed by atoms with van der Waals surface area (Å²) < 4.78 is 0. The highest BCUT2D eigenvalue weighted by atomic mass is 16.2. The topological polar surface area (TPSA) is 266 Å². The van der Waals surface area contributed by atoms with Gasteiger partial charge in [-0.15, -0.1) is 0 Å². The molecule has 3 N–H and O–H groups in total. The van der Waals surface area contributed by atoms with Gasteiger partial charge in [-0.3, -0.25) is 4.98 Å².